The molecule has 0 atom stereocenters. The van der Waals surface area contributed by atoms with Gasteiger partial charge in [-0.15, -0.1) is 0 Å². The molecule has 1 fully saturated rings. The SMILES string of the molecule is CCCCN1C(=O)C(=Cc2ccccc2OC)SC1=S. The molecule has 106 valence electrons. The summed E-state index contributed by atoms with van der Waals surface area (Å²) in [5.41, 5.74) is 0.894. The van der Waals surface area contributed by atoms with E-state index in [1.54, 1.807) is 12.0 Å². The van der Waals surface area contributed by atoms with Crippen LogP contribution >= 0.6 is 24.0 Å². The van der Waals surface area contributed by atoms with Crippen molar-refractivity contribution in [3.05, 3.63) is 34.7 Å². The van der Waals surface area contributed by atoms with Gasteiger partial charge >= 0.3 is 0 Å². The van der Waals surface area contributed by atoms with Gasteiger partial charge < -0.3 is 4.74 Å². The van der Waals surface area contributed by atoms with Crippen molar-refractivity contribution in [2.24, 2.45) is 0 Å². The van der Waals surface area contributed by atoms with Crippen LogP contribution in [0.3, 0.4) is 0 Å². The number of carbonyl (C=O) groups excluding carboxylic acids is 1. The molecule has 0 unspecified atom stereocenters. The number of hydrogen-bond acceptors (Lipinski definition) is 4. The minimum Gasteiger partial charge on any atom is -0.496 e. The Morgan fingerprint density at radius 3 is 2.85 bits per heavy atom. The Morgan fingerprint density at radius 2 is 2.15 bits per heavy atom. The van der Waals surface area contributed by atoms with Crippen LogP contribution in [0, 0.1) is 0 Å². The van der Waals surface area contributed by atoms with Crippen LogP contribution < -0.4 is 4.74 Å². The average Bonchev–Trinajstić information content (AvgIpc) is 2.72. The number of unbranched alkanes of at least 4 members (excludes halogenated alkanes) is 1. The lowest BCUT2D eigenvalue weighted by Crippen LogP contribution is -2.28. The zero-order chi connectivity index (χ0) is 14.5. The molecule has 0 aliphatic carbocycles. The van der Waals surface area contributed by atoms with E-state index in [0.717, 1.165) is 24.2 Å². The molecule has 1 aliphatic rings. The number of benzene rings is 1. The molecule has 1 aromatic carbocycles. The van der Waals surface area contributed by atoms with Crippen LogP contribution in [0.4, 0.5) is 0 Å². The molecule has 1 amide bonds. The molecule has 0 radical (unpaired) electrons. The Hall–Kier alpha value is -1.33. The van der Waals surface area contributed by atoms with Crippen molar-refractivity contribution in [1.29, 1.82) is 0 Å². The zero-order valence-corrected chi connectivity index (χ0v) is 13.2. The minimum atomic E-state index is -0.000596. The first-order chi connectivity index (χ1) is 9.67. The summed E-state index contributed by atoms with van der Waals surface area (Å²) in [5.74, 6) is 0.755. The summed E-state index contributed by atoms with van der Waals surface area (Å²) in [5, 5.41) is 0. The Balaban J connectivity index is 2.23. The van der Waals surface area contributed by atoms with Crippen LogP contribution in [-0.4, -0.2) is 28.8 Å². The Kier molecular flexibility index (Phi) is 5.20. The van der Waals surface area contributed by atoms with E-state index in [4.69, 9.17) is 17.0 Å². The lowest BCUT2D eigenvalue weighted by Gasteiger charge is -2.13. The van der Waals surface area contributed by atoms with Gasteiger partial charge in [0.2, 0.25) is 0 Å². The molecular formula is C15H17NO2S2. The summed E-state index contributed by atoms with van der Waals surface area (Å²) < 4.78 is 5.94. The molecule has 20 heavy (non-hydrogen) atoms. The minimum absolute atomic E-state index is 0.000596. The van der Waals surface area contributed by atoms with Gasteiger partial charge in [0.05, 0.1) is 12.0 Å². The number of ether oxygens (including phenoxy) is 1. The fourth-order valence-electron chi connectivity index (χ4n) is 1.94. The maximum Gasteiger partial charge on any atom is 0.266 e. The van der Waals surface area contributed by atoms with Crippen molar-refractivity contribution < 1.29 is 9.53 Å². The number of thioether (sulfide) groups is 1. The molecule has 1 heterocycles. The second-order valence-corrected chi connectivity index (χ2v) is 6.10. The number of amides is 1. The van der Waals surface area contributed by atoms with Gasteiger partial charge in [-0.05, 0) is 18.6 Å². The number of rotatable bonds is 5. The number of para-hydroxylation sites is 1. The number of hydrogen-bond donors (Lipinski definition) is 0. The van der Waals surface area contributed by atoms with Gasteiger partial charge in [0, 0.05) is 12.1 Å². The van der Waals surface area contributed by atoms with Gasteiger partial charge in [-0.3, -0.25) is 9.69 Å². The molecule has 1 saturated heterocycles. The number of thiocarbonyl (C=S) groups is 1. The van der Waals surface area contributed by atoms with Crippen LogP contribution in [0.25, 0.3) is 6.08 Å². The molecular weight excluding hydrogens is 290 g/mol. The van der Waals surface area contributed by atoms with E-state index in [-0.39, 0.29) is 5.91 Å². The van der Waals surface area contributed by atoms with Crippen LogP contribution in [-0.2, 0) is 4.79 Å². The molecule has 0 N–H and O–H groups in total. The van der Waals surface area contributed by atoms with Gasteiger partial charge in [0.25, 0.3) is 5.91 Å². The van der Waals surface area contributed by atoms with Crippen LogP contribution in [0.15, 0.2) is 29.2 Å². The van der Waals surface area contributed by atoms with E-state index in [9.17, 15) is 4.79 Å². The van der Waals surface area contributed by atoms with E-state index in [1.807, 2.05) is 30.3 Å². The second kappa shape index (κ2) is 6.90. The van der Waals surface area contributed by atoms with Crippen LogP contribution in [0.2, 0.25) is 0 Å². The summed E-state index contributed by atoms with van der Waals surface area (Å²) in [6.07, 6.45) is 3.86. The molecule has 2 rings (SSSR count). The third-order valence-corrected chi connectivity index (χ3v) is 4.41. The highest BCUT2D eigenvalue weighted by Crippen LogP contribution is 2.34. The van der Waals surface area contributed by atoms with Crippen LogP contribution in [0.1, 0.15) is 25.3 Å². The third-order valence-electron chi connectivity index (χ3n) is 3.03. The standard InChI is InChI=1S/C15H17NO2S2/c1-3-4-9-16-14(17)13(20-15(16)19)10-11-7-5-6-8-12(11)18-2/h5-8,10H,3-4,9H2,1-2H3. The summed E-state index contributed by atoms with van der Waals surface area (Å²) >= 11 is 6.64. The maximum atomic E-state index is 12.3. The number of carbonyl (C=O) groups is 1. The van der Waals surface area contributed by atoms with Crippen molar-refractivity contribution in [3.63, 3.8) is 0 Å². The number of methoxy groups -OCH3 is 1. The Morgan fingerprint density at radius 1 is 1.40 bits per heavy atom. The van der Waals surface area contributed by atoms with Gasteiger partial charge in [0.1, 0.15) is 10.1 Å². The molecule has 3 nitrogen and oxygen atoms in total. The van der Waals surface area contributed by atoms with E-state index < -0.39 is 0 Å². The van der Waals surface area contributed by atoms with Gasteiger partial charge in [-0.2, -0.15) is 0 Å². The molecule has 0 aromatic heterocycles. The third kappa shape index (κ3) is 3.22. The highest BCUT2D eigenvalue weighted by Gasteiger charge is 2.31. The lowest BCUT2D eigenvalue weighted by atomic mass is 10.2. The number of nitrogens with zero attached hydrogens (tertiary/aromatic N) is 1. The van der Waals surface area contributed by atoms with E-state index in [1.165, 1.54) is 11.8 Å². The normalized spacial score (nSPS) is 17.1. The van der Waals surface area contributed by atoms with Crippen molar-refractivity contribution in [3.8, 4) is 5.75 Å². The molecule has 1 aromatic rings. The molecule has 1 aliphatic heterocycles. The van der Waals surface area contributed by atoms with Crippen molar-refractivity contribution in [2.75, 3.05) is 13.7 Å². The van der Waals surface area contributed by atoms with Crippen LogP contribution in [0.5, 0.6) is 5.75 Å². The van der Waals surface area contributed by atoms with Gasteiger partial charge in [-0.1, -0.05) is 55.5 Å². The first kappa shape index (κ1) is 15.1. The first-order valence-electron chi connectivity index (χ1n) is 6.55. The van der Waals surface area contributed by atoms with E-state index in [0.29, 0.717) is 15.8 Å². The topological polar surface area (TPSA) is 29.5 Å². The maximum absolute atomic E-state index is 12.3. The predicted molar refractivity (Wildman–Crippen MR) is 87.8 cm³/mol. The predicted octanol–water partition coefficient (Wildman–Crippen LogP) is 3.70. The summed E-state index contributed by atoms with van der Waals surface area (Å²) in [4.78, 5) is 14.7. The second-order valence-electron chi connectivity index (χ2n) is 4.43. The smallest absolute Gasteiger partial charge is 0.266 e. The molecule has 5 heteroatoms. The van der Waals surface area contributed by atoms with Crippen molar-refractivity contribution in [1.82, 2.24) is 4.90 Å². The lowest BCUT2D eigenvalue weighted by molar-refractivity contribution is -0.122. The summed E-state index contributed by atoms with van der Waals surface area (Å²) in [6, 6.07) is 7.63. The Labute approximate surface area is 129 Å². The zero-order valence-electron chi connectivity index (χ0n) is 11.6. The molecule has 0 spiro atoms. The Bertz CT molecular complexity index is 555. The largest absolute Gasteiger partial charge is 0.496 e. The fraction of sp³-hybridized carbons (Fsp3) is 0.333. The van der Waals surface area contributed by atoms with E-state index >= 15 is 0 Å². The highest BCUT2D eigenvalue weighted by atomic mass is 32.2. The monoisotopic (exact) mass is 307 g/mol. The molecule has 0 bridgehead atoms. The first-order valence-corrected chi connectivity index (χ1v) is 7.78. The summed E-state index contributed by atoms with van der Waals surface area (Å²) in [7, 11) is 1.62. The summed E-state index contributed by atoms with van der Waals surface area (Å²) in [6.45, 7) is 2.80. The average molecular weight is 307 g/mol. The van der Waals surface area contributed by atoms with Crippen molar-refractivity contribution in [2.45, 2.75) is 19.8 Å². The molecule has 0 saturated carbocycles. The van der Waals surface area contributed by atoms with E-state index in [2.05, 4.69) is 6.92 Å². The van der Waals surface area contributed by atoms with Gasteiger partial charge in [-0.25, -0.2) is 0 Å². The van der Waals surface area contributed by atoms with Crippen molar-refractivity contribution >= 4 is 40.3 Å². The fourth-order valence-corrected chi connectivity index (χ4v) is 3.24. The van der Waals surface area contributed by atoms with Gasteiger partial charge in [0.15, 0.2) is 0 Å². The quantitative estimate of drug-likeness (QED) is 0.613. The highest BCUT2D eigenvalue weighted by molar-refractivity contribution is 8.26.